The number of aromatic nitrogens is 4. The number of carbonyl (C=O) groups excluding carboxylic acids is 1. The highest BCUT2D eigenvalue weighted by molar-refractivity contribution is 5.79. The minimum atomic E-state index is -0.155. The van der Waals surface area contributed by atoms with Crippen molar-refractivity contribution in [1.29, 1.82) is 0 Å². The second kappa shape index (κ2) is 7.60. The fourth-order valence-electron chi connectivity index (χ4n) is 3.07. The maximum absolute atomic E-state index is 12.6. The van der Waals surface area contributed by atoms with Crippen LogP contribution in [0.5, 0.6) is 0 Å². The third-order valence-electron chi connectivity index (χ3n) is 4.56. The maximum Gasteiger partial charge on any atom is 0.250 e. The van der Waals surface area contributed by atoms with Gasteiger partial charge in [-0.2, -0.15) is 5.10 Å². The molecule has 0 radical (unpaired) electrons. The fraction of sp³-hybridized carbons (Fsp3) is 0.529. The van der Waals surface area contributed by atoms with Gasteiger partial charge < -0.3 is 14.6 Å². The molecule has 0 aliphatic carbocycles. The Morgan fingerprint density at radius 1 is 1.44 bits per heavy atom. The van der Waals surface area contributed by atoms with Crippen LogP contribution in [0.1, 0.15) is 29.1 Å². The zero-order chi connectivity index (χ0) is 17.8. The smallest absolute Gasteiger partial charge is 0.250 e. The standard InChI is InChI=1S/C17H23N5O3/c1-11-15(12(2)21-20-11)8-17(24)22-5-6-25-14(9-22)4-3-13-7-16(23)19-10-18-13/h7,10,14H,3-6,8-9H2,1-2H3,(H,20,21)(H,18,19,23)/t14-/m1/s1. The molecule has 2 aromatic rings. The molecule has 1 aliphatic rings. The topological polar surface area (TPSA) is 104 Å². The van der Waals surface area contributed by atoms with Gasteiger partial charge in [0.15, 0.2) is 0 Å². The molecule has 1 fully saturated rings. The van der Waals surface area contributed by atoms with Gasteiger partial charge in [0.1, 0.15) is 0 Å². The Bertz CT molecular complexity index is 778. The van der Waals surface area contributed by atoms with E-state index >= 15 is 0 Å². The van der Waals surface area contributed by atoms with Crippen molar-refractivity contribution < 1.29 is 9.53 Å². The molecule has 25 heavy (non-hydrogen) atoms. The molecule has 0 unspecified atom stereocenters. The van der Waals surface area contributed by atoms with Crippen molar-refractivity contribution in [1.82, 2.24) is 25.1 Å². The SMILES string of the molecule is Cc1n[nH]c(C)c1CC(=O)N1CCO[C@H](CCc2cc(=O)[nH]cn2)C1. The highest BCUT2D eigenvalue weighted by atomic mass is 16.5. The van der Waals surface area contributed by atoms with Crippen LogP contribution in [0.3, 0.4) is 0 Å². The number of H-pyrrole nitrogens is 2. The van der Waals surface area contributed by atoms with Crippen LogP contribution < -0.4 is 5.56 Å². The molecule has 0 saturated carbocycles. The monoisotopic (exact) mass is 345 g/mol. The summed E-state index contributed by atoms with van der Waals surface area (Å²) in [5.74, 6) is 0.0928. The Morgan fingerprint density at radius 2 is 2.28 bits per heavy atom. The number of rotatable bonds is 5. The highest BCUT2D eigenvalue weighted by Crippen LogP contribution is 2.15. The Kier molecular flexibility index (Phi) is 5.28. The summed E-state index contributed by atoms with van der Waals surface area (Å²) < 4.78 is 5.77. The number of carbonyl (C=O) groups is 1. The van der Waals surface area contributed by atoms with Gasteiger partial charge in [-0.05, 0) is 26.7 Å². The van der Waals surface area contributed by atoms with Crippen LogP contribution in [0.2, 0.25) is 0 Å². The molecule has 2 aromatic heterocycles. The lowest BCUT2D eigenvalue weighted by atomic mass is 10.1. The fourth-order valence-corrected chi connectivity index (χ4v) is 3.07. The van der Waals surface area contributed by atoms with Crippen LogP contribution in [0.4, 0.5) is 0 Å². The molecule has 1 saturated heterocycles. The number of morpholine rings is 1. The van der Waals surface area contributed by atoms with Crippen molar-refractivity contribution in [2.75, 3.05) is 19.7 Å². The third-order valence-corrected chi connectivity index (χ3v) is 4.56. The first-order chi connectivity index (χ1) is 12.0. The van der Waals surface area contributed by atoms with E-state index in [1.807, 2.05) is 18.7 Å². The van der Waals surface area contributed by atoms with E-state index in [-0.39, 0.29) is 17.6 Å². The van der Waals surface area contributed by atoms with E-state index < -0.39 is 0 Å². The van der Waals surface area contributed by atoms with Crippen molar-refractivity contribution in [2.45, 2.75) is 39.2 Å². The minimum Gasteiger partial charge on any atom is -0.375 e. The molecule has 3 heterocycles. The van der Waals surface area contributed by atoms with Crippen LogP contribution in [0.15, 0.2) is 17.2 Å². The summed E-state index contributed by atoms with van der Waals surface area (Å²) in [5.41, 5.74) is 3.37. The van der Waals surface area contributed by atoms with E-state index in [1.165, 1.54) is 12.4 Å². The molecule has 8 heteroatoms. The number of hydrogen-bond donors (Lipinski definition) is 2. The van der Waals surface area contributed by atoms with Crippen LogP contribution in [0.25, 0.3) is 0 Å². The first-order valence-corrected chi connectivity index (χ1v) is 8.46. The molecule has 0 spiro atoms. The van der Waals surface area contributed by atoms with E-state index in [1.54, 1.807) is 0 Å². The number of amides is 1. The Balaban J connectivity index is 1.55. The lowest BCUT2D eigenvalue weighted by Gasteiger charge is -2.33. The van der Waals surface area contributed by atoms with Gasteiger partial charge in [0, 0.05) is 36.1 Å². The van der Waals surface area contributed by atoms with Gasteiger partial charge in [-0.1, -0.05) is 0 Å². The molecular formula is C17H23N5O3. The summed E-state index contributed by atoms with van der Waals surface area (Å²) in [6, 6.07) is 1.50. The van der Waals surface area contributed by atoms with Crippen LogP contribution in [-0.2, 0) is 22.4 Å². The van der Waals surface area contributed by atoms with E-state index in [9.17, 15) is 9.59 Å². The Hall–Kier alpha value is -2.48. The third kappa shape index (κ3) is 4.33. The van der Waals surface area contributed by atoms with Crippen molar-refractivity contribution >= 4 is 5.91 Å². The number of hydrogen-bond acceptors (Lipinski definition) is 5. The number of aryl methyl sites for hydroxylation is 3. The molecule has 0 aromatic carbocycles. The largest absolute Gasteiger partial charge is 0.375 e. The molecule has 0 bridgehead atoms. The van der Waals surface area contributed by atoms with Crippen molar-refractivity contribution in [3.63, 3.8) is 0 Å². The Morgan fingerprint density at radius 3 is 3.00 bits per heavy atom. The highest BCUT2D eigenvalue weighted by Gasteiger charge is 2.25. The van der Waals surface area contributed by atoms with E-state index in [2.05, 4.69) is 20.2 Å². The predicted octanol–water partition coefficient (Wildman–Crippen LogP) is 0.513. The Labute approximate surface area is 145 Å². The molecule has 1 atom stereocenters. The van der Waals surface area contributed by atoms with E-state index in [0.717, 1.165) is 29.1 Å². The van der Waals surface area contributed by atoms with Gasteiger partial charge in [-0.25, -0.2) is 4.98 Å². The molecule has 8 nitrogen and oxygen atoms in total. The maximum atomic E-state index is 12.6. The number of nitrogens with zero attached hydrogens (tertiary/aromatic N) is 3. The van der Waals surface area contributed by atoms with Gasteiger partial charge in [-0.3, -0.25) is 14.7 Å². The quantitative estimate of drug-likeness (QED) is 0.822. The molecule has 2 N–H and O–H groups in total. The van der Waals surface area contributed by atoms with Gasteiger partial charge in [0.05, 0.1) is 31.2 Å². The second-order valence-electron chi connectivity index (χ2n) is 6.36. The lowest BCUT2D eigenvalue weighted by molar-refractivity contribution is -0.138. The molecule has 1 amide bonds. The summed E-state index contributed by atoms with van der Waals surface area (Å²) in [7, 11) is 0. The van der Waals surface area contributed by atoms with Crippen LogP contribution >= 0.6 is 0 Å². The first-order valence-electron chi connectivity index (χ1n) is 8.46. The summed E-state index contributed by atoms with van der Waals surface area (Å²) in [4.78, 5) is 32.4. The van der Waals surface area contributed by atoms with Gasteiger partial charge >= 0.3 is 0 Å². The predicted molar refractivity (Wildman–Crippen MR) is 91.3 cm³/mol. The molecule has 1 aliphatic heterocycles. The average Bonchev–Trinajstić information content (AvgIpc) is 2.92. The van der Waals surface area contributed by atoms with Gasteiger partial charge in [-0.15, -0.1) is 0 Å². The summed E-state index contributed by atoms with van der Waals surface area (Å²) in [6.07, 6.45) is 3.10. The van der Waals surface area contributed by atoms with E-state index in [0.29, 0.717) is 32.5 Å². The normalized spacial score (nSPS) is 17.7. The van der Waals surface area contributed by atoms with Gasteiger partial charge in [0.2, 0.25) is 5.91 Å². The number of aromatic amines is 2. The molecule has 3 rings (SSSR count). The van der Waals surface area contributed by atoms with Crippen molar-refractivity contribution in [3.05, 3.63) is 45.4 Å². The average molecular weight is 345 g/mol. The molecule has 134 valence electrons. The lowest BCUT2D eigenvalue weighted by Crippen LogP contribution is -2.46. The molecular weight excluding hydrogens is 322 g/mol. The zero-order valence-corrected chi connectivity index (χ0v) is 14.5. The summed E-state index contributed by atoms with van der Waals surface area (Å²) >= 11 is 0. The second-order valence-corrected chi connectivity index (χ2v) is 6.36. The van der Waals surface area contributed by atoms with Crippen molar-refractivity contribution in [2.24, 2.45) is 0 Å². The van der Waals surface area contributed by atoms with Crippen LogP contribution in [-0.4, -0.2) is 56.8 Å². The van der Waals surface area contributed by atoms with Crippen molar-refractivity contribution in [3.8, 4) is 0 Å². The number of nitrogens with one attached hydrogen (secondary N) is 2. The minimum absolute atomic E-state index is 0.0367. The number of ether oxygens (including phenoxy) is 1. The first kappa shape index (κ1) is 17.3. The van der Waals surface area contributed by atoms with Gasteiger partial charge in [0.25, 0.3) is 5.56 Å². The van der Waals surface area contributed by atoms with E-state index in [4.69, 9.17) is 4.74 Å². The summed E-state index contributed by atoms with van der Waals surface area (Å²) in [5, 5.41) is 7.06. The van der Waals surface area contributed by atoms with Crippen LogP contribution in [0, 0.1) is 13.8 Å². The zero-order valence-electron chi connectivity index (χ0n) is 14.5. The summed E-state index contributed by atoms with van der Waals surface area (Å²) in [6.45, 7) is 5.54.